The van der Waals surface area contributed by atoms with Crippen molar-refractivity contribution < 1.29 is 31.6 Å². The van der Waals surface area contributed by atoms with Gasteiger partial charge in [-0.05, 0) is 86.7 Å². The predicted octanol–water partition coefficient (Wildman–Crippen LogP) is 2.45. The molecule has 11 N–H and O–H groups in total. The number of carbonyl (C=O) groups is 6. The van der Waals surface area contributed by atoms with Crippen molar-refractivity contribution in [2.45, 2.75) is 89.1 Å². The fraction of sp³-hybridized carbons (Fsp3) is 0.333. The largest absolute Gasteiger partial charge is 0.368 e. The second-order valence-electron chi connectivity index (χ2n) is 14.9. The number of aromatic nitrogens is 1. The van der Waals surface area contributed by atoms with Gasteiger partial charge in [0, 0.05) is 35.6 Å². The van der Waals surface area contributed by atoms with Gasteiger partial charge in [0.25, 0.3) is 0 Å². The highest BCUT2D eigenvalue weighted by molar-refractivity contribution is 6.05. The molecule has 0 bridgehead atoms. The number of nitrogens with one attached hydrogen (secondary N) is 5. The number of nitrogens with two attached hydrogens (primary N) is 3. The van der Waals surface area contributed by atoms with E-state index in [2.05, 4.69) is 26.7 Å². The number of fused-ring (bicyclic) bond motifs is 2. The number of anilines is 1. The Hall–Kier alpha value is -6.58. The molecule has 6 atom stereocenters. The van der Waals surface area contributed by atoms with Crippen LogP contribution in [0.25, 0.3) is 21.7 Å². The molecule has 0 aliphatic rings. The second kappa shape index (κ2) is 20.9. The Balaban J connectivity index is 1.41. The first-order valence-corrected chi connectivity index (χ1v) is 20.0. The Bertz CT molecular complexity index is 2360. The monoisotopic (exact) mass is 819 g/mol. The molecule has 5 rings (SSSR count). The summed E-state index contributed by atoms with van der Waals surface area (Å²) in [6.07, 6.45) is 2.88. The number of aromatic amines is 1. The molecule has 15 heteroatoms. The van der Waals surface area contributed by atoms with Crippen molar-refractivity contribution >= 4 is 62.8 Å². The first kappa shape index (κ1) is 41.6. The highest BCUT2D eigenvalue weighted by Gasteiger charge is 2.34. The van der Waals surface area contributed by atoms with Crippen molar-refractivity contribution in [3.05, 3.63) is 114 Å². The van der Waals surface area contributed by atoms with Gasteiger partial charge < -0.3 is 43.4 Å². The quantitative estimate of drug-likeness (QED) is 0.0510. The number of primary amides is 1. The van der Waals surface area contributed by atoms with Crippen LogP contribution in [0, 0.1) is 0 Å². The summed E-state index contributed by atoms with van der Waals surface area (Å²) in [7, 11) is 0. The average Bonchev–Trinajstić information content (AvgIpc) is 3.69. The van der Waals surface area contributed by atoms with E-state index >= 15 is 0 Å². The van der Waals surface area contributed by atoms with Gasteiger partial charge in [-0.3, -0.25) is 33.7 Å². The fourth-order valence-corrected chi connectivity index (χ4v) is 6.94. The Morgan fingerprint density at radius 3 is 2.12 bits per heavy atom. The van der Waals surface area contributed by atoms with Gasteiger partial charge in [0.15, 0.2) is 1.41 Å². The minimum atomic E-state index is -1.53. The highest BCUT2D eigenvalue weighted by Crippen LogP contribution is 2.25. The van der Waals surface area contributed by atoms with Crippen LogP contribution in [0.1, 0.15) is 51.2 Å². The maximum Gasteiger partial charge on any atom is 0.244 e. The van der Waals surface area contributed by atoms with Gasteiger partial charge in [-0.2, -0.15) is 0 Å². The van der Waals surface area contributed by atoms with Crippen molar-refractivity contribution in [3.63, 3.8) is 0 Å². The lowest BCUT2D eigenvalue weighted by atomic mass is 10.0. The van der Waals surface area contributed by atoms with E-state index in [1.54, 1.807) is 48.7 Å². The van der Waals surface area contributed by atoms with Crippen LogP contribution in [0.15, 0.2) is 103 Å². The first-order valence-electron chi connectivity index (χ1n) is 21.0. The van der Waals surface area contributed by atoms with Crippen molar-refractivity contribution in [1.29, 1.82) is 0 Å². The summed E-state index contributed by atoms with van der Waals surface area (Å²) in [4.78, 5) is 86.8. The topological polar surface area (TPSA) is 248 Å². The van der Waals surface area contributed by atoms with Gasteiger partial charge in [-0.1, -0.05) is 78.9 Å². The maximum absolute atomic E-state index is 14.5. The van der Waals surface area contributed by atoms with Crippen LogP contribution < -0.4 is 43.4 Å². The molecule has 15 nitrogen and oxygen atoms in total. The zero-order valence-corrected chi connectivity index (χ0v) is 34.0. The number of benzene rings is 4. The molecule has 1 heterocycles. The Morgan fingerprint density at radius 1 is 0.733 bits per heavy atom. The van der Waals surface area contributed by atoms with E-state index in [0.29, 0.717) is 41.5 Å². The zero-order valence-electron chi connectivity index (χ0n) is 36.0. The van der Waals surface area contributed by atoms with Crippen LogP contribution in [0.2, 0.25) is 2.82 Å². The van der Waals surface area contributed by atoms with E-state index in [9.17, 15) is 28.8 Å². The highest BCUT2D eigenvalue weighted by atomic mass is 16.2. The molecule has 0 unspecified atom stereocenters. The van der Waals surface area contributed by atoms with Crippen molar-refractivity contribution in [3.8, 4) is 0 Å². The molecular weight excluding hydrogens is 763 g/mol. The molecule has 0 aliphatic carbocycles. The van der Waals surface area contributed by atoms with Crippen molar-refractivity contribution in [2.75, 3.05) is 11.4 Å². The summed E-state index contributed by atoms with van der Waals surface area (Å²) < 4.78 is 16.8. The van der Waals surface area contributed by atoms with Crippen LogP contribution in [-0.4, -0.2) is 83.2 Å². The smallest absolute Gasteiger partial charge is 0.244 e. The van der Waals surface area contributed by atoms with E-state index in [-0.39, 0.29) is 19.3 Å². The summed E-state index contributed by atoms with van der Waals surface area (Å²) in [6.45, 7) is 4.73. The molecule has 4 aromatic carbocycles. The normalized spacial score (nSPS) is 14.7. The lowest BCUT2D eigenvalue weighted by molar-refractivity contribution is -0.134. The molecule has 0 saturated carbocycles. The molecule has 0 radical (unpaired) electrons. The summed E-state index contributed by atoms with van der Waals surface area (Å²) >= 11 is 0. The fourth-order valence-electron chi connectivity index (χ4n) is 6.94. The van der Waals surface area contributed by atoms with Gasteiger partial charge in [0.1, 0.15) is 31.6 Å². The molecule has 1 aromatic heterocycles. The Labute approximate surface area is 352 Å². The lowest BCUT2D eigenvalue weighted by Crippen LogP contribution is -2.59. The van der Waals surface area contributed by atoms with Crippen molar-refractivity contribution in [2.24, 2.45) is 17.2 Å². The summed E-state index contributed by atoms with van der Waals surface area (Å²) in [5.74, 6) is -4.54. The van der Waals surface area contributed by atoms with Gasteiger partial charge in [0.2, 0.25) is 35.4 Å². The number of nitrogens with zero attached hydrogens (tertiary/aromatic N) is 1. The number of unbranched alkanes of at least 4 members (excludes halogenated alkanes) is 1. The molecule has 316 valence electrons. The van der Waals surface area contributed by atoms with E-state index in [1.807, 2.05) is 54.6 Å². The minimum Gasteiger partial charge on any atom is -0.368 e. The minimum absolute atomic E-state index is 0.00355. The van der Waals surface area contributed by atoms with E-state index in [4.69, 9.17) is 14.3 Å². The van der Waals surface area contributed by atoms with Crippen LogP contribution in [0.4, 0.5) is 5.69 Å². The number of H-pyrrole nitrogens is 1. The van der Waals surface area contributed by atoms with E-state index in [0.717, 1.165) is 21.7 Å². The summed E-state index contributed by atoms with van der Waals surface area (Å²) in [6, 6.07) is 21.6. The molecule has 6 amide bonds. The van der Waals surface area contributed by atoms with Crippen LogP contribution in [0.5, 0.6) is 0 Å². The number of rotatable bonds is 21. The summed E-state index contributed by atoms with van der Waals surface area (Å²) in [5.41, 5.74) is 15.9. The SMILES string of the molecule is [2H]N[C@H](C)C(=O)N(c1ccc2ccccc2c1)[C@@H](C)C(=O)N[C@@H](C)C(=O)N([2H])[C@@H](Cc1c[nH]c2ccccc12)C(=O)N[C@@H](Cc1ccccc1)C(=O)N[C@@H](CCCCN)C(N)=O. The van der Waals surface area contributed by atoms with Crippen LogP contribution in [-0.2, 0) is 41.6 Å². The molecule has 0 aliphatic heterocycles. The maximum atomic E-state index is 14.5. The van der Waals surface area contributed by atoms with Crippen molar-refractivity contribution in [1.82, 2.24) is 26.2 Å². The van der Waals surface area contributed by atoms with Crippen LogP contribution in [0.3, 0.4) is 0 Å². The van der Waals surface area contributed by atoms with Crippen LogP contribution >= 0.6 is 0 Å². The Morgan fingerprint density at radius 2 is 1.40 bits per heavy atom. The third kappa shape index (κ3) is 11.5. The van der Waals surface area contributed by atoms with Gasteiger partial charge in [-0.15, -0.1) is 0 Å². The average molecular weight is 820 g/mol. The third-order valence-electron chi connectivity index (χ3n) is 10.3. The van der Waals surface area contributed by atoms with Gasteiger partial charge >= 0.3 is 0 Å². The first-order chi connectivity index (χ1) is 29.7. The van der Waals surface area contributed by atoms with E-state index < -0.39 is 71.7 Å². The number of amides is 6. The van der Waals surface area contributed by atoms with Gasteiger partial charge in [-0.25, -0.2) is 0 Å². The molecule has 0 fully saturated rings. The third-order valence-corrected chi connectivity index (χ3v) is 10.3. The molecule has 0 saturated heterocycles. The van der Waals surface area contributed by atoms with Gasteiger partial charge in [0.05, 0.1) is 6.04 Å². The molecule has 60 heavy (non-hydrogen) atoms. The number of carbonyl (C=O) groups excluding carboxylic acids is 6. The number of para-hydroxylation sites is 1. The molecular formula is C45H55N9O6. The predicted molar refractivity (Wildman–Crippen MR) is 232 cm³/mol. The van der Waals surface area contributed by atoms with E-state index in [1.165, 1.54) is 25.7 Å². The lowest BCUT2D eigenvalue weighted by Gasteiger charge is -2.31. The zero-order chi connectivity index (χ0) is 44.9. The standard InChI is InChI=1S/C45H55N9O6/c1-27(47)45(60)54(34-21-20-31-15-7-8-16-32(31)24-34)29(3)42(57)50-28(2)41(56)52-39(25-33-26-49-36-18-10-9-17-35(33)36)44(59)53-38(23-30-13-5-4-6-14-30)43(58)51-37(40(48)55)19-11-12-22-46/h4-10,13-18,20-21,24,26-29,37-39,49H,11-12,19,22-23,25,46-47H2,1-3H3,(H2,48,55)(H,50,57)(H,51,58)(H,52,56)(H,53,59)/t27-,28+,29+,37+,38+,39+/m1/s1/i/hD2. The number of hydrogen-bond donors (Lipinski definition) is 8. The summed E-state index contributed by atoms with van der Waals surface area (Å²) in [5, 5.41) is 11.0. The Kier molecular flexibility index (Phi) is 14.5. The molecule has 0 spiro atoms. The second-order valence-corrected chi connectivity index (χ2v) is 14.9. The molecule has 5 aromatic rings. The number of hydrogen-bond acceptors (Lipinski definition) is 8.